The average molecular weight is 226 g/mol. The second-order valence-corrected chi connectivity index (χ2v) is 4.13. The number of hydrogen-bond acceptors (Lipinski definition) is 3. The van der Waals surface area contributed by atoms with E-state index in [0.717, 1.165) is 20.7 Å². The standard InChI is InChI=1S/C10H8ClNOS/c1-13-9-6-12-10(14-9)7-2-4-8(11)5-3-7/h2-6H,1H3. The van der Waals surface area contributed by atoms with Crippen molar-refractivity contribution in [2.75, 3.05) is 7.11 Å². The summed E-state index contributed by atoms with van der Waals surface area (Å²) in [4.78, 5) is 4.24. The predicted molar refractivity (Wildman–Crippen MR) is 59.1 cm³/mol. The Bertz CT molecular complexity index is 424. The number of hydrogen-bond donors (Lipinski definition) is 0. The predicted octanol–water partition coefficient (Wildman–Crippen LogP) is 3.47. The summed E-state index contributed by atoms with van der Waals surface area (Å²) in [5.74, 6) is 0. The van der Waals surface area contributed by atoms with Crippen LogP contribution in [0.4, 0.5) is 0 Å². The van der Waals surface area contributed by atoms with Crippen LogP contribution in [0.2, 0.25) is 5.02 Å². The Balaban J connectivity index is 2.34. The van der Waals surface area contributed by atoms with Gasteiger partial charge < -0.3 is 4.74 Å². The van der Waals surface area contributed by atoms with Gasteiger partial charge >= 0.3 is 0 Å². The Kier molecular flexibility index (Phi) is 2.70. The number of methoxy groups -OCH3 is 1. The molecule has 2 aromatic rings. The van der Waals surface area contributed by atoms with E-state index in [1.165, 1.54) is 11.3 Å². The summed E-state index contributed by atoms with van der Waals surface area (Å²) in [5.41, 5.74) is 1.06. The number of benzene rings is 1. The lowest BCUT2D eigenvalue weighted by molar-refractivity contribution is 0.426. The van der Waals surface area contributed by atoms with Crippen LogP contribution in [0, 0.1) is 0 Å². The number of halogens is 1. The van der Waals surface area contributed by atoms with Crippen molar-refractivity contribution in [3.8, 4) is 15.6 Å². The fourth-order valence-corrected chi connectivity index (χ4v) is 1.94. The Hall–Kier alpha value is -1.06. The van der Waals surface area contributed by atoms with Crippen LogP contribution in [0.25, 0.3) is 10.6 Å². The minimum Gasteiger partial charge on any atom is -0.486 e. The number of nitrogens with zero attached hydrogens (tertiary/aromatic N) is 1. The van der Waals surface area contributed by atoms with E-state index in [1.807, 2.05) is 24.3 Å². The van der Waals surface area contributed by atoms with E-state index >= 15 is 0 Å². The lowest BCUT2D eigenvalue weighted by Crippen LogP contribution is -1.73. The van der Waals surface area contributed by atoms with E-state index in [2.05, 4.69) is 4.98 Å². The molecule has 0 saturated carbocycles. The van der Waals surface area contributed by atoms with Crippen molar-refractivity contribution in [3.63, 3.8) is 0 Å². The number of aromatic nitrogens is 1. The van der Waals surface area contributed by atoms with Gasteiger partial charge in [0.25, 0.3) is 0 Å². The summed E-state index contributed by atoms with van der Waals surface area (Å²) in [5, 5.41) is 2.49. The van der Waals surface area contributed by atoms with Crippen molar-refractivity contribution in [2.24, 2.45) is 0 Å². The molecule has 0 amide bonds. The van der Waals surface area contributed by atoms with Crippen molar-refractivity contribution in [1.29, 1.82) is 0 Å². The van der Waals surface area contributed by atoms with Gasteiger partial charge in [-0.05, 0) is 12.1 Å². The molecule has 2 rings (SSSR count). The van der Waals surface area contributed by atoms with Gasteiger partial charge in [0.15, 0.2) is 5.06 Å². The molecule has 0 bridgehead atoms. The molecule has 1 heterocycles. The van der Waals surface area contributed by atoms with Crippen molar-refractivity contribution < 1.29 is 4.74 Å². The second kappa shape index (κ2) is 3.98. The van der Waals surface area contributed by atoms with Crippen molar-refractivity contribution >= 4 is 22.9 Å². The van der Waals surface area contributed by atoms with E-state index in [1.54, 1.807) is 13.3 Å². The maximum Gasteiger partial charge on any atom is 0.194 e. The molecule has 0 N–H and O–H groups in total. The highest BCUT2D eigenvalue weighted by Gasteiger charge is 2.03. The number of ether oxygens (including phenoxy) is 1. The van der Waals surface area contributed by atoms with E-state index in [0.29, 0.717) is 0 Å². The maximum atomic E-state index is 5.79. The van der Waals surface area contributed by atoms with Gasteiger partial charge in [0.05, 0.1) is 13.3 Å². The maximum absolute atomic E-state index is 5.79. The van der Waals surface area contributed by atoms with Crippen LogP contribution < -0.4 is 4.74 Å². The van der Waals surface area contributed by atoms with Crippen LogP contribution in [-0.2, 0) is 0 Å². The normalized spacial score (nSPS) is 10.1. The highest BCUT2D eigenvalue weighted by molar-refractivity contribution is 7.16. The monoisotopic (exact) mass is 225 g/mol. The second-order valence-electron chi connectivity index (χ2n) is 2.70. The zero-order valence-electron chi connectivity index (χ0n) is 7.53. The smallest absolute Gasteiger partial charge is 0.194 e. The summed E-state index contributed by atoms with van der Waals surface area (Å²) < 4.78 is 5.07. The highest BCUT2D eigenvalue weighted by Crippen LogP contribution is 2.30. The molecule has 0 unspecified atom stereocenters. The topological polar surface area (TPSA) is 22.1 Å². The minimum atomic E-state index is 0.734. The molecule has 1 aromatic carbocycles. The van der Waals surface area contributed by atoms with Gasteiger partial charge in [-0.25, -0.2) is 4.98 Å². The van der Waals surface area contributed by atoms with Gasteiger partial charge in [0.1, 0.15) is 5.01 Å². The highest BCUT2D eigenvalue weighted by atomic mass is 35.5. The van der Waals surface area contributed by atoms with Crippen LogP contribution in [0.5, 0.6) is 5.06 Å². The minimum absolute atomic E-state index is 0.734. The Labute approximate surface area is 91.1 Å². The van der Waals surface area contributed by atoms with Crippen molar-refractivity contribution in [1.82, 2.24) is 4.98 Å². The molecule has 1 aromatic heterocycles. The molecule has 0 atom stereocenters. The first-order valence-corrected chi connectivity index (χ1v) is 5.25. The third kappa shape index (κ3) is 1.89. The van der Waals surface area contributed by atoms with Gasteiger partial charge in [0, 0.05) is 10.6 Å². The van der Waals surface area contributed by atoms with Crippen molar-refractivity contribution in [3.05, 3.63) is 35.5 Å². The van der Waals surface area contributed by atoms with Gasteiger partial charge in [-0.2, -0.15) is 0 Å². The van der Waals surface area contributed by atoms with Crippen LogP contribution in [0.3, 0.4) is 0 Å². The van der Waals surface area contributed by atoms with Gasteiger partial charge in [-0.15, -0.1) is 0 Å². The summed E-state index contributed by atoms with van der Waals surface area (Å²) in [6, 6.07) is 7.59. The molecule has 0 radical (unpaired) electrons. The van der Waals surface area contributed by atoms with Gasteiger partial charge in [-0.3, -0.25) is 0 Å². The van der Waals surface area contributed by atoms with E-state index in [-0.39, 0.29) is 0 Å². The number of thiazole rings is 1. The lowest BCUT2D eigenvalue weighted by Gasteiger charge is -1.95. The molecule has 0 aliphatic rings. The summed E-state index contributed by atoms with van der Waals surface area (Å²) >= 11 is 7.31. The zero-order chi connectivity index (χ0) is 9.97. The summed E-state index contributed by atoms with van der Waals surface area (Å²) in [6.45, 7) is 0. The van der Waals surface area contributed by atoms with Gasteiger partial charge in [-0.1, -0.05) is 35.1 Å². The first-order valence-electron chi connectivity index (χ1n) is 4.05. The Morgan fingerprint density at radius 3 is 2.57 bits per heavy atom. The lowest BCUT2D eigenvalue weighted by atomic mass is 10.2. The molecular formula is C10H8ClNOS. The molecule has 0 spiro atoms. The third-order valence-electron chi connectivity index (χ3n) is 1.78. The third-order valence-corrected chi connectivity index (χ3v) is 3.04. The van der Waals surface area contributed by atoms with Crippen LogP contribution in [0.15, 0.2) is 30.5 Å². The van der Waals surface area contributed by atoms with E-state index < -0.39 is 0 Å². The summed E-state index contributed by atoms with van der Waals surface area (Å²) in [7, 11) is 1.64. The molecule has 14 heavy (non-hydrogen) atoms. The van der Waals surface area contributed by atoms with Crippen molar-refractivity contribution in [2.45, 2.75) is 0 Å². The molecule has 72 valence electrons. The quantitative estimate of drug-likeness (QED) is 0.781. The molecule has 2 nitrogen and oxygen atoms in total. The zero-order valence-corrected chi connectivity index (χ0v) is 9.10. The fraction of sp³-hybridized carbons (Fsp3) is 0.100. The molecule has 0 saturated heterocycles. The van der Waals surface area contributed by atoms with Crippen LogP contribution in [-0.4, -0.2) is 12.1 Å². The van der Waals surface area contributed by atoms with E-state index in [9.17, 15) is 0 Å². The van der Waals surface area contributed by atoms with Crippen LogP contribution in [0.1, 0.15) is 0 Å². The van der Waals surface area contributed by atoms with E-state index in [4.69, 9.17) is 16.3 Å². The summed E-state index contributed by atoms with van der Waals surface area (Å²) in [6.07, 6.45) is 1.72. The first-order chi connectivity index (χ1) is 6.79. The van der Waals surface area contributed by atoms with Gasteiger partial charge in [0.2, 0.25) is 0 Å². The molecular weight excluding hydrogens is 218 g/mol. The fourth-order valence-electron chi connectivity index (χ4n) is 1.08. The molecule has 0 aliphatic carbocycles. The Morgan fingerprint density at radius 1 is 1.29 bits per heavy atom. The molecule has 0 aliphatic heterocycles. The SMILES string of the molecule is COc1cnc(-c2ccc(Cl)cc2)s1. The first kappa shape index (κ1) is 9.49. The Morgan fingerprint density at radius 2 is 2.00 bits per heavy atom. The molecule has 0 fully saturated rings. The number of rotatable bonds is 2. The average Bonchev–Trinajstić information content (AvgIpc) is 2.67. The largest absolute Gasteiger partial charge is 0.486 e. The molecule has 4 heteroatoms. The van der Waals surface area contributed by atoms with Crippen LogP contribution >= 0.6 is 22.9 Å².